The molecule has 0 heterocycles. The van der Waals surface area contributed by atoms with Gasteiger partial charge in [0.15, 0.2) is 6.61 Å². The Bertz CT molecular complexity index is 955. The molecule has 33 heavy (non-hydrogen) atoms. The van der Waals surface area contributed by atoms with Gasteiger partial charge in [0.1, 0.15) is 5.75 Å². The van der Waals surface area contributed by atoms with Crippen LogP contribution < -0.4 is 15.4 Å². The number of methoxy groups -OCH3 is 1. The first-order valence-electron chi connectivity index (χ1n) is 11.4. The van der Waals surface area contributed by atoms with E-state index < -0.39 is 0 Å². The van der Waals surface area contributed by atoms with Crippen LogP contribution in [0, 0.1) is 0 Å². The monoisotopic (exact) mass is 454 g/mol. The lowest BCUT2D eigenvalue weighted by atomic mass is 9.80. The van der Waals surface area contributed by atoms with E-state index >= 15 is 0 Å². The van der Waals surface area contributed by atoms with Crippen LogP contribution in [0.2, 0.25) is 0 Å². The molecule has 0 aliphatic carbocycles. The number of hydrogen-bond donors (Lipinski definition) is 2. The minimum absolute atomic E-state index is 0.0248. The van der Waals surface area contributed by atoms with Crippen molar-refractivity contribution in [1.82, 2.24) is 5.32 Å². The van der Waals surface area contributed by atoms with Crippen molar-refractivity contribution in [1.29, 1.82) is 0 Å². The van der Waals surface area contributed by atoms with Crippen LogP contribution in [0.5, 0.6) is 5.75 Å². The Morgan fingerprint density at radius 1 is 0.939 bits per heavy atom. The van der Waals surface area contributed by atoms with Gasteiger partial charge < -0.3 is 20.1 Å². The third kappa shape index (κ3) is 8.21. The van der Waals surface area contributed by atoms with E-state index in [0.29, 0.717) is 30.2 Å². The molecule has 2 aromatic carbocycles. The number of carbonyl (C=O) groups is 2. The lowest BCUT2D eigenvalue weighted by Gasteiger charge is -2.27. The van der Waals surface area contributed by atoms with Gasteiger partial charge in [-0.3, -0.25) is 9.59 Å². The number of hydrogen-bond acceptors (Lipinski definition) is 4. The highest BCUT2D eigenvalue weighted by molar-refractivity contribution is 5.97. The first kappa shape index (κ1) is 26.4. The highest BCUT2D eigenvalue weighted by Gasteiger charge is 2.23. The van der Waals surface area contributed by atoms with Crippen molar-refractivity contribution in [2.75, 3.05) is 32.2 Å². The minimum atomic E-state index is -0.285. The van der Waals surface area contributed by atoms with Gasteiger partial charge in [0.05, 0.1) is 0 Å². The zero-order valence-electron chi connectivity index (χ0n) is 21.0. The maximum atomic E-state index is 12.5. The molecule has 180 valence electrons. The largest absolute Gasteiger partial charge is 0.483 e. The summed E-state index contributed by atoms with van der Waals surface area (Å²) in [6.07, 6.45) is 0.739. The molecule has 6 nitrogen and oxygen atoms in total. The molecule has 2 rings (SSSR count). The van der Waals surface area contributed by atoms with Crippen LogP contribution in [0.3, 0.4) is 0 Å². The molecule has 0 unspecified atom stereocenters. The van der Waals surface area contributed by atoms with E-state index in [2.05, 4.69) is 64.3 Å². The number of rotatable bonds is 9. The molecular weight excluding hydrogens is 416 g/mol. The van der Waals surface area contributed by atoms with Crippen molar-refractivity contribution in [3.63, 3.8) is 0 Å². The van der Waals surface area contributed by atoms with E-state index in [-0.39, 0.29) is 29.3 Å². The molecule has 0 aliphatic heterocycles. The van der Waals surface area contributed by atoms with Crippen LogP contribution in [-0.4, -0.2) is 38.7 Å². The number of nitrogens with one attached hydrogen (secondary N) is 2. The second-order valence-corrected chi connectivity index (χ2v) is 10.2. The maximum absolute atomic E-state index is 12.5. The summed E-state index contributed by atoms with van der Waals surface area (Å²) >= 11 is 0. The van der Waals surface area contributed by atoms with E-state index in [4.69, 9.17) is 9.47 Å². The second-order valence-electron chi connectivity index (χ2n) is 10.2. The Morgan fingerprint density at radius 2 is 1.67 bits per heavy atom. The third-order valence-electron chi connectivity index (χ3n) is 5.23. The van der Waals surface area contributed by atoms with E-state index in [1.165, 1.54) is 5.56 Å². The van der Waals surface area contributed by atoms with Crippen LogP contribution in [0.15, 0.2) is 42.5 Å². The van der Waals surface area contributed by atoms with E-state index in [1.54, 1.807) is 31.4 Å². The average molecular weight is 455 g/mol. The molecule has 0 saturated carbocycles. The van der Waals surface area contributed by atoms with Gasteiger partial charge in [-0.15, -0.1) is 0 Å². The number of benzene rings is 2. The highest BCUT2D eigenvalue weighted by atomic mass is 16.5. The van der Waals surface area contributed by atoms with Gasteiger partial charge in [-0.2, -0.15) is 0 Å². The van der Waals surface area contributed by atoms with E-state index in [0.717, 1.165) is 12.0 Å². The molecule has 2 amide bonds. The molecule has 0 aliphatic rings. The fourth-order valence-corrected chi connectivity index (χ4v) is 3.31. The Hall–Kier alpha value is -2.86. The van der Waals surface area contributed by atoms with Crippen molar-refractivity contribution < 1.29 is 19.1 Å². The molecule has 0 radical (unpaired) electrons. The van der Waals surface area contributed by atoms with Crippen molar-refractivity contribution in [2.45, 2.75) is 58.8 Å². The van der Waals surface area contributed by atoms with Crippen LogP contribution in [0.1, 0.15) is 69.4 Å². The third-order valence-corrected chi connectivity index (χ3v) is 5.23. The number of amides is 2. The van der Waals surface area contributed by atoms with Crippen LogP contribution in [0.4, 0.5) is 5.69 Å². The summed E-state index contributed by atoms with van der Waals surface area (Å²) in [5, 5.41) is 5.65. The van der Waals surface area contributed by atoms with Crippen molar-refractivity contribution in [3.8, 4) is 5.75 Å². The normalized spacial score (nSPS) is 11.7. The quantitative estimate of drug-likeness (QED) is 0.519. The molecular formula is C27H38N2O4. The minimum Gasteiger partial charge on any atom is -0.483 e. The SMILES string of the molecule is COCCCNC(=O)c1cccc(NC(=O)COc2ccc(C(C)(C)C)cc2C(C)(C)C)c1. The van der Waals surface area contributed by atoms with Crippen molar-refractivity contribution in [2.24, 2.45) is 0 Å². The van der Waals surface area contributed by atoms with E-state index in [1.807, 2.05) is 6.07 Å². The summed E-state index contributed by atoms with van der Waals surface area (Å²) in [4.78, 5) is 24.8. The fourth-order valence-electron chi connectivity index (χ4n) is 3.31. The lowest BCUT2D eigenvalue weighted by Crippen LogP contribution is -2.25. The lowest BCUT2D eigenvalue weighted by molar-refractivity contribution is -0.118. The van der Waals surface area contributed by atoms with Gasteiger partial charge in [0, 0.05) is 31.5 Å². The van der Waals surface area contributed by atoms with Gasteiger partial charge in [-0.1, -0.05) is 59.7 Å². The molecule has 0 atom stereocenters. The zero-order valence-corrected chi connectivity index (χ0v) is 21.0. The summed E-state index contributed by atoms with van der Waals surface area (Å²) in [6.45, 7) is 13.9. The Labute approximate surface area is 198 Å². The van der Waals surface area contributed by atoms with Crippen LogP contribution in [-0.2, 0) is 20.4 Å². The van der Waals surface area contributed by atoms with Gasteiger partial charge in [-0.25, -0.2) is 0 Å². The van der Waals surface area contributed by atoms with E-state index in [9.17, 15) is 9.59 Å². The molecule has 2 aromatic rings. The molecule has 6 heteroatoms. The van der Waals surface area contributed by atoms with Crippen molar-refractivity contribution >= 4 is 17.5 Å². The van der Waals surface area contributed by atoms with Gasteiger partial charge in [-0.05, 0) is 52.6 Å². The standard InChI is InChI=1S/C27H38N2O4/c1-26(2,3)20-12-13-23(22(17-20)27(4,5)6)33-18-24(30)29-21-11-8-10-19(16-21)25(31)28-14-9-15-32-7/h8,10-13,16-17H,9,14-15,18H2,1-7H3,(H,28,31)(H,29,30). The second kappa shape index (κ2) is 11.3. The number of carbonyl (C=O) groups excluding carboxylic acids is 2. The Balaban J connectivity index is 2.03. The molecule has 0 spiro atoms. The predicted molar refractivity (Wildman–Crippen MR) is 133 cm³/mol. The van der Waals surface area contributed by atoms with Crippen molar-refractivity contribution in [3.05, 3.63) is 59.2 Å². The fraction of sp³-hybridized carbons (Fsp3) is 0.481. The molecule has 0 bridgehead atoms. The average Bonchev–Trinajstić information content (AvgIpc) is 2.74. The van der Waals surface area contributed by atoms with Crippen LogP contribution >= 0.6 is 0 Å². The summed E-state index contributed by atoms with van der Waals surface area (Å²) in [5.41, 5.74) is 3.22. The predicted octanol–water partition coefficient (Wildman–Crippen LogP) is 5.07. The van der Waals surface area contributed by atoms with Crippen LogP contribution in [0.25, 0.3) is 0 Å². The summed E-state index contributed by atoms with van der Waals surface area (Å²) < 4.78 is 10.9. The molecule has 0 fully saturated rings. The summed E-state index contributed by atoms with van der Waals surface area (Å²) in [5.74, 6) is 0.231. The highest BCUT2D eigenvalue weighted by Crippen LogP contribution is 2.35. The Morgan fingerprint density at radius 3 is 2.30 bits per heavy atom. The Kier molecular flexibility index (Phi) is 9.06. The first-order chi connectivity index (χ1) is 15.4. The van der Waals surface area contributed by atoms with Gasteiger partial charge in [0.25, 0.3) is 11.8 Å². The zero-order chi connectivity index (χ0) is 24.6. The van der Waals surface area contributed by atoms with Gasteiger partial charge >= 0.3 is 0 Å². The number of anilines is 1. The topological polar surface area (TPSA) is 76.7 Å². The summed E-state index contributed by atoms with van der Waals surface area (Å²) in [6, 6.07) is 13.0. The molecule has 0 saturated heterocycles. The molecule has 0 aromatic heterocycles. The first-order valence-corrected chi connectivity index (χ1v) is 11.4. The maximum Gasteiger partial charge on any atom is 0.262 e. The summed E-state index contributed by atoms with van der Waals surface area (Å²) in [7, 11) is 1.63. The molecule has 2 N–H and O–H groups in total. The van der Waals surface area contributed by atoms with Gasteiger partial charge in [0.2, 0.25) is 0 Å². The smallest absolute Gasteiger partial charge is 0.262 e. The number of ether oxygens (including phenoxy) is 2.